The molecule has 1 atom stereocenters. The van der Waals surface area contributed by atoms with E-state index in [0.29, 0.717) is 12.1 Å². The third-order valence-electron chi connectivity index (χ3n) is 3.92. The van der Waals surface area contributed by atoms with Crippen LogP contribution in [0, 0.1) is 0 Å². The van der Waals surface area contributed by atoms with Crippen molar-refractivity contribution in [1.29, 1.82) is 0 Å². The van der Waals surface area contributed by atoms with Crippen molar-refractivity contribution in [2.24, 2.45) is 0 Å². The van der Waals surface area contributed by atoms with Gasteiger partial charge in [0, 0.05) is 0 Å². The minimum absolute atomic E-state index is 0.116. The molecule has 0 saturated heterocycles. The Labute approximate surface area is 165 Å². The summed E-state index contributed by atoms with van der Waals surface area (Å²) in [6.45, 7) is 5.42. The first-order valence-corrected chi connectivity index (χ1v) is 10.6. The SMILES string of the molecule is CCNC(=O)[AsH]c1ccc(-c2ccc(C(=O)NC(C)(C)C(=O)O)cc2)cc1. The summed E-state index contributed by atoms with van der Waals surface area (Å²) in [5.41, 5.74) is 0.986. The molecule has 0 fully saturated rings. The molecular formula is C20H23AsN2O4. The van der Waals surface area contributed by atoms with Crippen LogP contribution in [0.2, 0.25) is 0 Å². The van der Waals surface area contributed by atoms with E-state index in [0.717, 1.165) is 15.5 Å². The predicted octanol–water partition coefficient (Wildman–Crippen LogP) is 1.74. The van der Waals surface area contributed by atoms with Crippen LogP contribution in [0.5, 0.6) is 0 Å². The summed E-state index contributed by atoms with van der Waals surface area (Å²) in [5.74, 6) is -1.53. The fourth-order valence-corrected chi connectivity index (χ4v) is 4.11. The van der Waals surface area contributed by atoms with E-state index >= 15 is 0 Å². The number of hydrogen-bond acceptors (Lipinski definition) is 3. The van der Waals surface area contributed by atoms with Gasteiger partial charge in [-0.1, -0.05) is 0 Å². The van der Waals surface area contributed by atoms with Crippen LogP contribution in [-0.4, -0.2) is 49.5 Å². The molecule has 0 spiro atoms. The topological polar surface area (TPSA) is 95.5 Å². The minimum atomic E-state index is -1.33. The van der Waals surface area contributed by atoms with Gasteiger partial charge in [0.2, 0.25) is 0 Å². The summed E-state index contributed by atoms with van der Waals surface area (Å²) in [6.07, 6.45) is 0. The standard InChI is InChI=1S/C20H23AsN2O4/c1-4-22-19(27)21-16-11-9-14(10-12-16)13-5-7-15(8-6-13)17(24)23-20(2,3)18(25)26/h5-12,21H,4H2,1-3H3,(H,22,27)(H,23,24)(H,25,26). The van der Waals surface area contributed by atoms with Crippen LogP contribution in [0.3, 0.4) is 0 Å². The zero-order valence-corrected chi connectivity index (χ0v) is 17.6. The van der Waals surface area contributed by atoms with Gasteiger partial charge in [-0.2, -0.15) is 0 Å². The van der Waals surface area contributed by atoms with E-state index in [-0.39, 0.29) is 4.69 Å². The van der Waals surface area contributed by atoms with Crippen LogP contribution in [0.25, 0.3) is 11.1 Å². The van der Waals surface area contributed by atoms with Crippen molar-refractivity contribution in [2.45, 2.75) is 26.3 Å². The van der Waals surface area contributed by atoms with Crippen molar-refractivity contribution in [3.05, 3.63) is 54.1 Å². The maximum absolute atomic E-state index is 12.2. The van der Waals surface area contributed by atoms with Gasteiger partial charge >= 0.3 is 155 Å². The summed E-state index contributed by atoms with van der Waals surface area (Å²) >= 11 is -0.853. The molecule has 2 rings (SSSR count). The van der Waals surface area contributed by atoms with Crippen LogP contribution in [0.1, 0.15) is 31.1 Å². The van der Waals surface area contributed by atoms with E-state index in [1.54, 1.807) is 12.1 Å². The van der Waals surface area contributed by atoms with Gasteiger partial charge in [0.25, 0.3) is 0 Å². The molecule has 0 heterocycles. The molecule has 7 heteroatoms. The van der Waals surface area contributed by atoms with Gasteiger partial charge in [-0.25, -0.2) is 4.79 Å². The van der Waals surface area contributed by atoms with Crippen LogP contribution in [0.4, 0.5) is 4.79 Å². The first kappa shape index (κ1) is 20.7. The molecule has 6 nitrogen and oxygen atoms in total. The summed E-state index contributed by atoms with van der Waals surface area (Å²) in [5, 5.41) is 14.4. The third kappa shape index (κ3) is 5.69. The fraction of sp³-hybridized carbons (Fsp3) is 0.250. The van der Waals surface area contributed by atoms with Gasteiger partial charge in [0.15, 0.2) is 0 Å². The number of nitrogens with one attached hydrogen (secondary N) is 2. The second kappa shape index (κ2) is 8.87. The molecule has 0 aromatic heterocycles. The molecule has 2 amide bonds. The normalized spacial score (nSPS) is 11.4. The Morgan fingerprint density at radius 2 is 1.48 bits per heavy atom. The molecule has 0 aliphatic carbocycles. The van der Waals surface area contributed by atoms with E-state index < -0.39 is 33.2 Å². The first-order valence-electron chi connectivity index (χ1n) is 8.54. The average Bonchev–Trinajstić information content (AvgIpc) is 2.62. The number of carbonyl (C=O) groups is 3. The second-order valence-electron chi connectivity index (χ2n) is 6.52. The number of rotatable bonds is 7. The molecule has 0 aliphatic rings. The summed E-state index contributed by atoms with van der Waals surface area (Å²) in [6, 6.07) is 14.8. The maximum atomic E-state index is 12.2. The van der Waals surface area contributed by atoms with E-state index in [4.69, 9.17) is 5.11 Å². The predicted molar refractivity (Wildman–Crippen MR) is 107 cm³/mol. The fourth-order valence-electron chi connectivity index (χ4n) is 2.31. The molecule has 0 saturated carbocycles. The number of benzene rings is 2. The van der Waals surface area contributed by atoms with E-state index in [9.17, 15) is 14.4 Å². The second-order valence-corrected chi connectivity index (χ2v) is 9.21. The number of amides is 2. The molecule has 2 aromatic carbocycles. The summed E-state index contributed by atoms with van der Waals surface area (Å²) in [7, 11) is 0. The van der Waals surface area contributed by atoms with E-state index in [1.807, 2.05) is 43.3 Å². The molecule has 0 aliphatic heterocycles. The number of carboxylic acid groups (broad SMARTS) is 1. The van der Waals surface area contributed by atoms with Gasteiger partial charge in [0.05, 0.1) is 0 Å². The van der Waals surface area contributed by atoms with Gasteiger partial charge in [-0.3, -0.25) is 0 Å². The van der Waals surface area contributed by atoms with E-state index in [2.05, 4.69) is 10.6 Å². The Morgan fingerprint density at radius 1 is 0.963 bits per heavy atom. The average molecular weight is 430 g/mol. The summed E-state index contributed by atoms with van der Waals surface area (Å²) in [4.78, 5) is 35.0. The zero-order chi connectivity index (χ0) is 20.0. The van der Waals surface area contributed by atoms with Gasteiger partial charge in [-0.05, 0) is 0 Å². The zero-order valence-electron chi connectivity index (χ0n) is 15.5. The van der Waals surface area contributed by atoms with Crippen LogP contribution < -0.4 is 15.0 Å². The van der Waals surface area contributed by atoms with Gasteiger partial charge in [-0.15, -0.1) is 0 Å². The molecule has 142 valence electrons. The number of carboxylic acids is 1. The van der Waals surface area contributed by atoms with Crippen LogP contribution in [0.15, 0.2) is 48.5 Å². The molecule has 0 radical (unpaired) electrons. The molecule has 1 unspecified atom stereocenters. The van der Waals surface area contributed by atoms with Crippen molar-refractivity contribution in [3.8, 4) is 11.1 Å². The van der Waals surface area contributed by atoms with Crippen molar-refractivity contribution in [3.63, 3.8) is 0 Å². The van der Waals surface area contributed by atoms with Crippen LogP contribution >= 0.6 is 0 Å². The van der Waals surface area contributed by atoms with Crippen molar-refractivity contribution in [1.82, 2.24) is 10.6 Å². The number of aliphatic carboxylic acids is 1. The Kier molecular flexibility index (Phi) is 6.80. The van der Waals surface area contributed by atoms with Crippen molar-refractivity contribution < 1.29 is 19.5 Å². The third-order valence-corrected chi connectivity index (χ3v) is 6.07. The Morgan fingerprint density at radius 3 is 1.96 bits per heavy atom. The molecular weight excluding hydrogens is 407 g/mol. The molecule has 27 heavy (non-hydrogen) atoms. The Balaban J connectivity index is 2.07. The number of hydrogen-bond donors (Lipinski definition) is 3. The molecule has 0 bridgehead atoms. The monoisotopic (exact) mass is 430 g/mol. The quantitative estimate of drug-likeness (QED) is 0.584. The molecule has 3 N–H and O–H groups in total. The number of carbonyl (C=O) groups excluding carboxylic acids is 2. The van der Waals surface area contributed by atoms with Crippen molar-refractivity contribution in [2.75, 3.05) is 6.54 Å². The summed E-state index contributed by atoms with van der Waals surface area (Å²) < 4.78 is 1.17. The molecule has 2 aromatic rings. The Bertz CT molecular complexity index is 830. The first-order chi connectivity index (χ1) is 12.7. The van der Waals surface area contributed by atoms with Gasteiger partial charge in [0.1, 0.15) is 0 Å². The van der Waals surface area contributed by atoms with E-state index in [1.165, 1.54) is 13.8 Å². The van der Waals surface area contributed by atoms with Crippen molar-refractivity contribution >= 4 is 36.7 Å². The van der Waals surface area contributed by atoms with Gasteiger partial charge < -0.3 is 5.11 Å². The Hall–Kier alpha value is -2.59. The van der Waals surface area contributed by atoms with Crippen LogP contribution in [-0.2, 0) is 4.79 Å².